The normalized spacial score (nSPS) is 21.2. The second-order valence-corrected chi connectivity index (χ2v) is 5.29. The van der Waals surface area contributed by atoms with Crippen molar-refractivity contribution in [3.05, 3.63) is 0 Å². The Balaban J connectivity index is 2.39. The molecule has 4 heteroatoms. The minimum atomic E-state index is -0.145. The molecule has 104 valence electrons. The molecule has 0 aliphatic carbocycles. The highest BCUT2D eigenvalue weighted by Crippen LogP contribution is 2.18. The van der Waals surface area contributed by atoms with E-state index in [1.54, 1.807) is 0 Å². The number of hydrogen-bond donors (Lipinski definition) is 1. The van der Waals surface area contributed by atoms with Crippen molar-refractivity contribution in [3.8, 4) is 0 Å². The van der Waals surface area contributed by atoms with Gasteiger partial charge >= 0.3 is 0 Å². The van der Waals surface area contributed by atoms with E-state index in [4.69, 9.17) is 0 Å². The number of carbonyl (C=O) groups excluding carboxylic acids is 2. The van der Waals surface area contributed by atoms with E-state index in [1.165, 1.54) is 0 Å². The maximum Gasteiger partial charge on any atom is 0.225 e. The molecule has 1 rings (SSSR count). The van der Waals surface area contributed by atoms with Gasteiger partial charge in [-0.3, -0.25) is 9.59 Å². The number of nitrogens with one attached hydrogen (secondary N) is 1. The van der Waals surface area contributed by atoms with Gasteiger partial charge in [0.15, 0.2) is 0 Å². The standard InChI is InChI=1S/C14H26N2O2/c1-4-6-8-16-10-12(9-13(16)17)14(18)15-11(3)7-5-2/h11-12H,4-10H2,1-3H3,(H,15,18)/t11-,12+/m0/s1. The van der Waals surface area contributed by atoms with Gasteiger partial charge in [0.05, 0.1) is 5.92 Å². The van der Waals surface area contributed by atoms with Gasteiger partial charge in [-0.05, 0) is 19.8 Å². The second kappa shape index (κ2) is 7.39. The molecule has 4 nitrogen and oxygen atoms in total. The Bertz CT molecular complexity index is 292. The van der Waals surface area contributed by atoms with Crippen molar-refractivity contribution in [2.24, 2.45) is 5.92 Å². The van der Waals surface area contributed by atoms with Gasteiger partial charge in [0.25, 0.3) is 0 Å². The van der Waals surface area contributed by atoms with Gasteiger partial charge in [0.2, 0.25) is 11.8 Å². The molecule has 1 saturated heterocycles. The number of hydrogen-bond acceptors (Lipinski definition) is 2. The minimum Gasteiger partial charge on any atom is -0.353 e. The van der Waals surface area contributed by atoms with Crippen LogP contribution in [0.15, 0.2) is 0 Å². The predicted octanol–water partition coefficient (Wildman–Crippen LogP) is 1.94. The Morgan fingerprint density at radius 1 is 1.44 bits per heavy atom. The quantitative estimate of drug-likeness (QED) is 0.755. The smallest absolute Gasteiger partial charge is 0.225 e. The fraction of sp³-hybridized carbons (Fsp3) is 0.857. The summed E-state index contributed by atoms with van der Waals surface area (Å²) in [5.74, 6) is 0.0312. The van der Waals surface area contributed by atoms with Gasteiger partial charge in [-0.25, -0.2) is 0 Å². The second-order valence-electron chi connectivity index (χ2n) is 5.29. The van der Waals surface area contributed by atoms with E-state index in [9.17, 15) is 9.59 Å². The Morgan fingerprint density at radius 3 is 2.78 bits per heavy atom. The van der Waals surface area contributed by atoms with E-state index in [2.05, 4.69) is 19.2 Å². The number of amides is 2. The van der Waals surface area contributed by atoms with Crippen LogP contribution in [0.4, 0.5) is 0 Å². The Hall–Kier alpha value is -1.06. The zero-order valence-corrected chi connectivity index (χ0v) is 11.9. The van der Waals surface area contributed by atoms with Crippen LogP contribution in [-0.4, -0.2) is 35.8 Å². The molecule has 0 aromatic heterocycles. The molecule has 1 aliphatic rings. The molecule has 0 aromatic rings. The van der Waals surface area contributed by atoms with E-state index < -0.39 is 0 Å². The summed E-state index contributed by atoms with van der Waals surface area (Å²) in [5.41, 5.74) is 0. The van der Waals surface area contributed by atoms with Crippen molar-refractivity contribution < 1.29 is 9.59 Å². The van der Waals surface area contributed by atoms with Crippen molar-refractivity contribution in [2.75, 3.05) is 13.1 Å². The predicted molar refractivity (Wildman–Crippen MR) is 72.1 cm³/mol. The van der Waals surface area contributed by atoms with Crippen LogP contribution >= 0.6 is 0 Å². The number of rotatable bonds is 7. The molecule has 0 bridgehead atoms. The molecule has 0 radical (unpaired) electrons. The van der Waals surface area contributed by atoms with Crippen molar-refractivity contribution in [1.82, 2.24) is 10.2 Å². The van der Waals surface area contributed by atoms with E-state index in [-0.39, 0.29) is 23.8 Å². The van der Waals surface area contributed by atoms with Crippen LogP contribution in [0.1, 0.15) is 52.9 Å². The molecular weight excluding hydrogens is 228 g/mol. The van der Waals surface area contributed by atoms with Gasteiger partial charge in [-0.1, -0.05) is 26.7 Å². The molecule has 1 aliphatic heterocycles. The topological polar surface area (TPSA) is 49.4 Å². The maximum absolute atomic E-state index is 12.0. The highest BCUT2D eigenvalue weighted by Gasteiger charge is 2.33. The Labute approximate surface area is 110 Å². The van der Waals surface area contributed by atoms with Gasteiger partial charge in [0, 0.05) is 25.6 Å². The first kappa shape index (κ1) is 15.0. The molecule has 18 heavy (non-hydrogen) atoms. The fourth-order valence-electron chi connectivity index (χ4n) is 2.38. The average Bonchev–Trinajstić information content (AvgIpc) is 2.68. The lowest BCUT2D eigenvalue weighted by Crippen LogP contribution is -2.38. The lowest BCUT2D eigenvalue weighted by molar-refractivity contribution is -0.129. The first-order chi connectivity index (χ1) is 8.58. The molecule has 1 heterocycles. The largest absolute Gasteiger partial charge is 0.353 e. The third kappa shape index (κ3) is 4.31. The van der Waals surface area contributed by atoms with Crippen molar-refractivity contribution >= 4 is 11.8 Å². The van der Waals surface area contributed by atoms with Gasteiger partial charge in [0.1, 0.15) is 0 Å². The van der Waals surface area contributed by atoms with Crippen LogP contribution in [0, 0.1) is 5.92 Å². The summed E-state index contributed by atoms with van der Waals surface area (Å²) in [7, 11) is 0. The summed E-state index contributed by atoms with van der Waals surface area (Å²) >= 11 is 0. The minimum absolute atomic E-state index is 0.0447. The lowest BCUT2D eigenvalue weighted by Gasteiger charge is -2.18. The summed E-state index contributed by atoms with van der Waals surface area (Å²) in [5, 5.41) is 3.00. The zero-order chi connectivity index (χ0) is 13.5. The Morgan fingerprint density at radius 2 is 2.17 bits per heavy atom. The van der Waals surface area contributed by atoms with E-state index in [0.29, 0.717) is 13.0 Å². The molecule has 0 unspecified atom stereocenters. The summed E-state index contributed by atoms with van der Waals surface area (Å²) < 4.78 is 0. The Kier molecular flexibility index (Phi) is 6.16. The SMILES string of the molecule is CCCCN1C[C@H](C(=O)N[C@@H](C)CCC)CC1=O. The van der Waals surface area contributed by atoms with Gasteiger partial charge in [-0.2, -0.15) is 0 Å². The molecule has 0 saturated carbocycles. The average molecular weight is 254 g/mol. The van der Waals surface area contributed by atoms with E-state index in [0.717, 1.165) is 32.2 Å². The van der Waals surface area contributed by atoms with Crippen LogP contribution < -0.4 is 5.32 Å². The fourth-order valence-corrected chi connectivity index (χ4v) is 2.38. The number of likely N-dealkylation sites (tertiary alicyclic amines) is 1. The molecule has 2 atom stereocenters. The molecule has 0 spiro atoms. The molecule has 1 fully saturated rings. The summed E-state index contributed by atoms with van der Waals surface area (Å²) in [6.07, 6.45) is 4.54. The summed E-state index contributed by atoms with van der Waals surface area (Å²) in [6, 6.07) is 0.210. The first-order valence-corrected chi connectivity index (χ1v) is 7.16. The molecular formula is C14H26N2O2. The van der Waals surface area contributed by atoms with Crippen molar-refractivity contribution in [2.45, 2.75) is 58.9 Å². The zero-order valence-electron chi connectivity index (χ0n) is 11.9. The molecule has 1 N–H and O–H groups in total. The van der Waals surface area contributed by atoms with Gasteiger partial charge in [-0.15, -0.1) is 0 Å². The van der Waals surface area contributed by atoms with E-state index >= 15 is 0 Å². The highest BCUT2D eigenvalue weighted by atomic mass is 16.2. The van der Waals surface area contributed by atoms with Crippen molar-refractivity contribution in [1.29, 1.82) is 0 Å². The van der Waals surface area contributed by atoms with Gasteiger partial charge < -0.3 is 10.2 Å². The maximum atomic E-state index is 12.0. The van der Waals surface area contributed by atoms with E-state index in [1.807, 2.05) is 11.8 Å². The van der Waals surface area contributed by atoms with Crippen LogP contribution in [0.2, 0.25) is 0 Å². The first-order valence-electron chi connectivity index (χ1n) is 7.16. The number of carbonyl (C=O) groups is 2. The van der Waals surface area contributed by atoms with Crippen LogP contribution in [0.25, 0.3) is 0 Å². The number of unbranched alkanes of at least 4 members (excludes halogenated alkanes) is 1. The molecule has 0 aromatic carbocycles. The lowest BCUT2D eigenvalue weighted by atomic mass is 10.1. The summed E-state index contributed by atoms with van der Waals surface area (Å²) in [6.45, 7) is 7.63. The monoisotopic (exact) mass is 254 g/mol. The van der Waals surface area contributed by atoms with Crippen LogP contribution in [0.5, 0.6) is 0 Å². The number of nitrogens with zero attached hydrogens (tertiary/aromatic N) is 1. The third-order valence-corrected chi connectivity index (χ3v) is 3.48. The van der Waals surface area contributed by atoms with Crippen LogP contribution in [-0.2, 0) is 9.59 Å². The third-order valence-electron chi connectivity index (χ3n) is 3.48. The molecule has 2 amide bonds. The van der Waals surface area contributed by atoms with Crippen molar-refractivity contribution in [3.63, 3.8) is 0 Å². The summed E-state index contributed by atoms with van der Waals surface area (Å²) in [4.78, 5) is 25.6. The van der Waals surface area contributed by atoms with Crippen LogP contribution in [0.3, 0.4) is 0 Å². The highest BCUT2D eigenvalue weighted by molar-refractivity contribution is 5.89.